The number of methoxy groups -OCH3 is 1. The number of fused-ring (bicyclic) bond motifs is 1. The third-order valence-corrected chi connectivity index (χ3v) is 3.38. The van der Waals surface area contributed by atoms with Gasteiger partial charge in [0.2, 0.25) is 0 Å². The second kappa shape index (κ2) is 6.87. The molecule has 1 aromatic carbocycles. The molecule has 7 nitrogen and oxygen atoms in total. The summed E-state index contributed by atoms with van der Waals surface area (Å²) in [5.74, 6) is -0.589. The summed E-state index contributed by atoms with van der Waals surface area (Å²) in [5, 5.41) is 11.3. The minimum Gasteiger partial charge on any atom is -0.483 e. The monoisotopic (exact) mass is 323 g/mol. The molecular weight excluding hydrogens is 302 g/mol. The van der Waals surface area contributed by atoms with Gasteiger partial charge in [0.1, 0.15) is 5.60 Å². The number of ether oxygens (including phenoxy) is 3. The van der Waals surface area contributed by atoms with Gasteiger partial charge >= 0.3 is 5.97 Å². The first kappa shape index (κ1) is 17.1. The molecule has 23 heavy (non-hydrogen) atoms. The van der Waals surface area contributed by atoms with Crippen molar-refractivity contribution in [1.29, 1.82) is 0 Å². The van der Waals surface area contributed by atoms with Crippen molar-refractivity contribution in [2.75, 3.05) is 20.3 Å². The lowest BCUT2D eigenvalue weighted by atomic mass is 10.0. The van der Waals surface area contributed by atoms with Gasteiger partial charge in [-0.25, -0.2) is 4.79 Å². The lowest BCUT2D eigenvalue weighted by Gasteiger charge is -2.18. The van der Waals surface area contributed by atoms with Crippen LogP contribution in [0.15, 0.2) is 18.2 Å². The molecule has 1 aliphatic rings. The Morgan fingerprint density at radius 1 is 1.43 bits per heavy atom. The molecule has 7 heteroatoms. The Kier molecular flexibility index (Phi) is 5.10. The topological polar surface area (TPSA) is 94.1 Å². The second-order valence-corrected chi connectivity index (χ2v) is 5.99. The van der Waals surface area contributed by atoms with Crippen molar-refractivity contribution in [1.82, 2.24) is 5.32 Å². The van der Waals surface area contributed by atoms with E-state index in [9.17, 15) is 9.59 Å². The predicted octanol–water partition coefficient (Wildman–Crippen LogP) is 0.995. The van der Waals surface area contributed by atoms with Gasteiger partial charge in [-0.05, 0) is 19.9 Å². The van der Waals surface area contributed by atoms with E-state index in [1.807, 2.05) is 26.0 Å². The van der Waals surface area contributed by atoms with E-state index < -0.39 is 17.9 Å². The molecule has 1 unspecified atom stereocenters. The van der Waals surface area contributed by atoms with E-state index in [-0.39, 0.29) is 18.8 Å². The van der Waals surface area contributed by atoms with Crippen LogP contribution < -0.4 is 14.8 Å². The van der Waals surface area contributed by atoms with Gasteiger partial charge in [-0.1, -0.05) is 12.1 Å². The zero-order valence-corrected chi connectivity index (χ0v) is 13.4. The number of benzene rings is 1. The van der Waals surface area contributed by atoms with E-state index in [0.717, 1.165) is 12.0 Å². The lowest BCUT2D eigenvalue weighted by molar-refractivity contribution is -0.143. The van der Waals surface area contributed by atoms with Crippen LogP contribution in [0, 0.1) is 0 Å². The lowest BCUT2D eigenvalue weighted by Crippen LogP contribution is -2.45. The molecule has 2 rings (SSSR count). The van der Waals surface area contributed by atoms with Crippen molar-refractivity contribution in [3.8, 4) is 11.5 Å². The first-order valence-corrected chi connectivity index (χ1v) is 7.27. The normalized spacial score (nSPS) is 16.1. The fourth-order valence-corrected chi connectivity index (χ4v) is 2.42. The van der Waals surface area contributed by atoms with Crippen LogP contribution in [0.4, 0.5) is 0 Å². The summed E-state index contributed by atoms with van der Waals surface area (Å²) < 4.78 is 16.1. The van der Waals surface area contributed by atoms with Crippen LogP contribution >= 0.6 is 0 Å². The zero-order valence-electron chi connectivity index (χ0n) is 13.4. The highest BCUT2D eigenvalue weighted by Gasteiger charge is 2.32. The first-order valence-electron chi connectivity index (χ1n) is 7.27. The average molecular weight is 323 g/mol. The van der Waals surface area contributed by atoms with Crippen molar-refractivity contribution in [2.45, 2.75) is 31.9 Å². The van der Waals surface area contributed by atoms with Gasteiger partial charge in [0.25, 0.3) is 5.91 Å². The van der Waals surface area contributed by atoms with E-state index in [1.165, 1.54) is 7.11 Å². The smallest absolute Gasteiger partial charge is 0.328 e. The van der Waals surface area contributed by atoms with E-state index in [2.05, 4.69) is 5.32 Å². The van der Waals surface area contributed by atoms with Crippen LogP contribution in [0.3, 0.4) is 0 Å². The molecule has 0 spiro atoms. The molecule has 1 aliphatic heterocycles. The molecule has 0 fully saturated rings. The molecule has 0 saturated carbocycles. The number of amides is 1. The molecule has 0 saturated heterocycles. The van der Waals surface area contributed by atoms with Crippen LogP contribution in [0.25, 0.3) is 0 Å². The Balaban J connectivity index is 1.96. The number of nitrogens with one attached hydrogen (secondary N) is 1. The van der Waals surface area contributed by atoms with Gasteiger partial charge in [0.15, 0.2) is 24.1 Å². The molecular formula is C16H21NO6. The summed E-state index contributed by atoms with van der Waals surface area (Å²) in [6.07, 6.45) is 0.765. The van der Waals surface area contributed by atoms with Crippen LogP contribution in [-0.2, 0) is 20.7 Å². The highest BCUT2D eigenvalue weighted by Crippen LogP contribution is 2.41. The van der Waals surface area contributed by atoms with E-state index in [4.69, 9.17) is 19.3 Å². The summed E-state index contributed by atoms with van der Waals surface area (Å²) in [4.78, 5) is 22.8. The quantitative estimate of drug-likeness (QED) is 0.777. The number of aliphatic carboxylic acids is 1. The second-order valence-electron chi connectivity index (χ2n) is 5.99. The predicted molar refractivity (Wildman–Crippen MR) is 81.8 cm³/mol. The Bertz CT molecular complexity index is 598. The number of hydrogen-bond acceptors (Lipinski definition) is 5. The molecule has 0 aromatic heterocycles. The number of carbonyl (C=O) groups excluding carboxylic acids is 1. The minimum atomic E-state index is -1.16. The molecule has 1 atom stereocenters. The number of carboxylic acids is 1. The number of hydrogen-bond donors (Lipinski definition) is 2. The number of rotatable bonds is 7. The summed E-state index contributed by atoms with van der Waals surface area (Å²) in [6.45, 7) is 3.55. The molecule has 1 amide bonds. The van der Waals surface area contributed by atoms with Gasteiger partial charge in [-0.2, -0.15) is 0 Å². The van der Waals surface area contributed by atoms with E-state index in [0.29, 0.717) is 11.5 Å². The maximum absolute atomic E-state index is 11.8. The SMILES string of the molecule is COCC(NC(=O)COc1cccc2c1OC(C)(C)C2)C(=O)O. The molecule has 0 bridgehead atoms. The van der Waals surface area contributed by atoms with Gasteiger partial charge in [0.05, 0.1) is 6.61 Å². The molecule has 0 aliphatic carbocycles. The van der Waals surface area contributed by atoms with Crippen molar-refractivity contribution in [3.63, 3.8) is 0 Å². The Morgan fingerprint density at radius 2 is 2.17 bits per heavy atom. The summed E-state index contributed by atoms with van der Waals surface area (Å²) in [6, 6.07) is 4.41. The van der Waals surface area contributed by atoms with Gasteiger partial charge in [-0.15, -0.1) is 0 Å². The highest BCUT2D eigenvalue weighted by molar-refractivity contribution is 5.84. The van der Waals surface area contributed by atoms with Gasteiger partial charge in [0, 0.05) is 19.1 Å². The standard InChI is InChI=1S/C16H21NO6/c1-16(2)7-10-5-4-6-12(14(10)23-16)22-9-13(18)17-11(8-21-3)15(19)20/h4-6,11H,7-9H2,1-3H3,(H,17,18)(H,19,20). The fourth-order valence-electron chi connectivity index (χ4n) is 2.42. The Morgan fingerprint density at radius 3 is 2.83 bits per heavy atom. The molecule has 0 radical (unpaired) electrons. The third-order valence-electron chi connectivity index (χ3n) is 3.38. The Labute approximate surface area is 134 Å². The van der Waals surface area contributed by atoms with Gasteiger partial charge in [-0.3, -0.25) is 4.79 Å². The van der Waals surface area contributed by atoms with Crippen LogP contribution in [0.5, 0.6) is 11.5 Å². The molecule has 1 aromatic rings. The maximum atomic E-state index is 11.8. The molecule has 2 N–H and O–H groups in total. The Hall–Kier alpha value is -2.28. The van der Waals surface area contributed by atoms with Crippen molar-refractivity contribution < 1.29 is 28.9 Å². The summed E-state index contributed by atoms with van der Waals surface area (Å²) in [5.41, 5.74) is 0.715. The fraction of sp³-hybridized carbons (Fsp3) is 0.500. The number of para-hydroxylation sites is 1. The van der Waals surface area contributed by atoms with Crippen molar-refractivity contribution >= 4 is 11.9 Å². The number of carbonyl (C=O) groups is 2. The molecule has 1 heterocycles. The molecule has 126 valence electrons. The van der Waals surface area contributed by atoms with Crippen LogP contribution in [0.1, 0.15) is 19.4 Å². The van der Waals surface area contributed by atoms with E-state index >= 15 is 0 Å². The van der Waals surface area contributed by atoms with Crippen molar-refractivity contribution in [2.24, 2.45) is 0 Å². The summed E-state index contributed by atoms with van der Waals surface area (Å²) in [7, 11) is 1.37. The van der Waals surface area contributed by atoms with Crippen LogP contribution in [0.2, 0.25) is 0 Å². The average Bonchev–Trinajstić information content (AvgIpc) is 2.78. The third kappa shape index (κ3) is 4.35. The van der Waals surface area contributed by atoms with Crippen molar-refractivity contribution in [3.05, 3.63) is 23.8 Å². The zero-order chi connectivity index (χ0) is 17.0. The minimum absolute atomic E-state index is 0.112. The largest absolute Gasteiger partial charge is 0.483 e. The number of carboxylic acid groups (broad SMARTS) is 1. The maximum Gasteiger partial charge on any atom is 0.328 e. The van der Waals surface area contributed by atoms with E-state index in [1.54, 1.807) is 6.07 Å². The van der Waals surface area contributed by atoms with Crippen LogP contribution in [-0.4, -0.2) is 48.9 Å². The summed E-state index contributed by atoms with van der Waals surface area (Å²) >= 11 is 0. The van der Waals surface area contributed by atoms with Gasteiger partial charge < -0.3 is 24.6 Å². The highest BCUT2D eigenvalue weighted by atomic mass is 16.5. The first-order chi connectivity index (χ1) is 10.8.